The largest absolute Gasteiger partial charge is 0.544 e. The zero-order valence-electron chi connectivity index (χ0n) is 5.29. The van der Waals surface area contributed by atoms with Crippen molar-refractivity contribution in [1.82, 2.24) is 5.32 Å². The summed E-state index contributed by atoms with van der Waals surface area (Å²) in [6, 6.07) is -1.72. The number of carbonyl (C=O) groups is 2. The summed E-state index contributed by atoms with van der Waals surface area (Å²) in [7, 11) is 0. The van der Waals surface area contributed by atoms with Gasteiger partial charge in [-0.05, 0) is 0 Å². The van der Waals surface area contributed by atoms with Crippen LogP contribution < -0.4 is 21.9 Å². The molecule has 0 fully saturated rings. The van der Waals surface area contributed by atoms with Crippen LogP contribution >= 0.6 is 0 Å². The molecule has 0 saturated carbocycles. The van der Waals surface area contributed by atoms with E-state index in [2.05, 4.69) is 16.8 Å². The highest BCUT2D eigenvalue weighted by Gasteiger charge is 2.06. The van der Waals surface area contributed by atoms with Crippen molar-refractivity contribution < 1.29 is 20.4 Å². The molecule has 0 aliphatic carbocycles. The second-order valence-electron chi connectivity index (χ2n) is 1.76. The Morgan fingerprint density at radius 1 is 1.70 bits per heavy atom. The Balaban J connectivity index is 3.49. The second kappa shape index (κ2) is 3.67. The fourth-order valence-corrected chi connectivity index (χ4v) is 0.307. The van der Waals surface area contributed by atoms with E-state index in [-0.39, 0.29) is 6.54 Å². The highest BCUT2D eigenvalue weighted by atomic mass is 16.4. The van der Waals surface area contributed by atoms with E-state index in [1.807, 2.05) is 0 Å². The second-order valence-corrected chi connectivity index (χ2v) is 1.76. The van der Waals surface area contributed by atoms with E-state index >= 15 is 0 Å². The lowest BCUT2D eigenvalue weighted by Crippen LogP contribution is -2.72. The van der Waals surface area contributed by atoms with Crippen molar-refractivity contribution in [3.05, 3.63) is 0 Å². The first-order valence-electron chi connectivity index (χ1n) is 2.61. The quantitative estimate of drug-likeness (QED) is 0.377. The Kier molecular flexibility index (Phi) is 3.20. The fraction of sp³-hybridized carbons (Fsp3) is 0.500. The lowest BCUT2D eigenvalue weighted by atomic mass is 10.3. The molecule has 1 atom stereocenters. The standard InChI is InChI=1S/C4H9N3O3/c5-2(3(8)9)1-7-4(6)10/h2H,1,5H2,(H,8,9)(H3,6,7,10)/t2-/m0/s1. The molecule has 0 radical (unpaired) electrons. The SMILES string of the molecule is NC(=O)NC[C@H]([NH3+])C(=O)[O-]. The average Bonchev–Trinajstić information content (AvgIpc) is 1.82. The van der Waals surface area contributed by atoms with Crippen molar-refractivity contribution in [2.45, 2.75) is 6.04 Å². The van der Waals surface area contributed by atoms with Crippen LogP contribution in [0.2, 0.25) is 0 Å². The van der Waals surface area contributed by atoms with E-state index in [9.17, 15) is 14.7 Å². The number of primary amides is 1. The Labute approximate surface area is 57.2 Å². The fourth-order valence-electron chi connectivity index (χ4n) is 0.307. The zero-order valence-corrected chi connectivity index (χ0v) is 5.29. The number of hydrogen-bond donors (Lipinski definition) is 3. The predicted octanol–water partition coefficient (Wildman–Crippen LogP) is -3.98. The van der Waals surface area contributed by atoms with Gasteiger partial charge < -0.3 is 26.7 Å². The molecule has 0 aromatic rings. The van der Waals surface area contributed by atoms with Gasteiger partial charge in [0.1, 0.15) is 12.0 Å². The summed E-state index contributed by atoms with van der Waals surface area (Å²) in [5, 5.41) is 12.0. The van der Waals surface area contributed by atoms with E-state index in [1.54, 1.807) is 0 Å². The maximum absolute atomic E-state index is 10.00. The molecule has 0 saturated heterocycles. The molecule has 0 unspecified atom stereocenters. The Morgan fingerprint density at radius 3 is 2.50 bits per heavy atom. The summed E-state index contributed by atoms with van der Waals surface area (Å²) in [5.41, 5.74) is 7.83. The Hall–Kier alpha value is -1.30. The highest BCUT2D eigenvalue weighted by Crippen LogP contribution is 1.67. The first-order chi connectivity index (χ1) is 4.54. The molecule has 0 heterocycles. The molecule has 0 rings (SSSR count). The highest BCUT2D eigenvalue weighted by molar-refractivity contribution is 5.74. The van der Waals surface area contributed by atoms with Crippen molar-refractivity contribution in [3.8, 4) is 0 Å². The minimum Gasteiger partial charge on any atom is -0.544 e. The van der Waals surface area contributed by atoms with Crippen LogP contribution in [0.1, 0.15) is 0 Å². The number of amides is 2. The number of urea groups is 1. The number of nitrogens with two attached hydrogens (primary N) is 1. The van der Waals surface area contributed by atoms with Gasteiger partial charge in [-0.15, -0.1) is 0 Å². The molecule has 0 aromatic heterocycles. The number of nitrogens with one attached hydrogen (secondary N) is 1. The number of carboxylic acid groups (broad SMARTS) is 1. The molecule has 0 aromatic carbocycles. The molecule has 2 amide bonds. The van der Waals surface area contributed by atoms with Crippen LogP contribution in [-0.2, 0) is 4.79 Å². The molecule has 10 heavy (non-hydrogen) atoms. The molecule has 0 bridgehead atoms. The Morgan fingerprint density at radius 2 is 2.20 bits per heavy atom. The van der Waals surface area contributed by atoms with E-state index in [0.717, 1.165) is 0 Å². The van der Waals surface area contributed by atoms with Gasteiger partial charge in [0.05, 0.1) is 6.54 Å². The third-order valence-electron chi connectivity index (χ3n) is 0.856. The van der Waals surface area contributed by atoms with Crippen LogP contribution in [0.15, 0.2) is 0 Å². The lowest BCUT2D eigenvalue weighted by molar-refractivity contribution is -0.435. The van der Waals surface area contributed by atoms with E-state index in [1.165, 1.54) is 0 Å². The molecule has 58 valence electrons. The first-order valence-corrected chi connectivity index (χ1v) is 2.61. The van der Waals surface area contributed by atoms with Crippen LogP contribution in [0.4, 0.5) is 4.79 Å². The first kappa shape index (κ1) is 8.70. The van der Waals surface area contributed by atoms with Gasteiger partial charge in [-0.3, -0.25) is 0 Å². The monoisotopic (exact) mass is 147 g/mol. The lowest BCUT2D eigenvalue weighted by Gasteiger charge is -2.08. The third-order valence-corrected chi connectivity index (χ3v) is 0.856. The van der Waals surface area contributed by atoms with Crippen molar-refractivity contribution in [3.63, 3.8) is 0 Å². The van der Waals surface area contributed by atoms with Crippen molar-refractivity contribution in [1.29, 1.82) is 0 Å². The van der Waals surface area contributed by atoms with Crippen molar-refractivity contribution in [2.75, 3.05) is 6.54 Å². The maximum atomic E-state index is 10.00. The van der Waals surface area contributed by atoms with Crippen molar-refractivity contribution in [2.24, 2.45) is 5.73 Å². The number of rotatable bonds is 3. The molecular formula is C4H9N3O3. The van der Waals surface area contributed by atoms with Gasteiger partial charge in [0.15, 0.2) is 0 Å². The van der Waals surface area contributed by atoms with Crippen LogP contribution in [0.5, 0.6) is 0 Å². The molecule has 6 nitrogen and oxygen atoms in total. The van der Waals surface area contributed by atoms with Gasteiger partial charge in [0.2, 0.25) is 0 Å². The van der Waals surface area contributed by atoms with Gasteiger partial charge in [-0.2, -0.15) is 0 Å². The van der Waals surface area contributed by atoms with Gasteiger partial charge >= 0.3 is 6.03 Å². The molecule has 0 aliphatic heterocycles. The number of carboxylic acids is 1. The Bertz CT molecular complexity index is 147. The summed E-state index contributed by atoms with van der Waals surface area (Å²) in [5.74, 6) is -1.31. The summed E-state index contributed by atoms with van der Waals surface area (Å²) in [4.78, 5) is 19.9. The summed E-state index contributed by atoms with van der Waals surface area (Å²) in [6.07, 6.45) is 0. The van der Waals surface area contributed by atoms with Crippen LogP contribution in [0.3, 0.4) is 0 Å². The normalized spacial score (nSPS) is 12.1. The van der Waals surface area contributed by atoms with Crippen LogP contribution in [-0.4, -0.2) is 24.6 Å². The van der Waals surface area contributed by atoms with Crippen molar-refractivity contribution >= 4 is 12.0 Å². The summed E-state index contributed by atoms with van der Waals surface area (Å²) >= 11 is 0. The van der Waals surface area contributed by atoms with Gasteiger partial charge in [0.25, 0.3) is 0 Å². The molecule has 0 spiro atoms. The van der Waals surface area contributed by atoms with Crippen LogP contribution in [0, 0.1) is 0 Å². The molecule has 6 heteroatoms. The topological polar surface area (TPSA) is 123 Å². The maximum Gasteiger partial charge on any atom is 0.312 e. The minimum absolute atomic E-state index is 0.0995. The average molecular weight is 147 g/mol. The van der Waals surface area contributed by atoms with E-state index in [0.29, 0.717) is 0 Å². The van der Waals surface area contributed by atoms with Gasteiger partial charge in [-0.1, -0.05) is 0 Å². The zero-order chi connectivity index (χ0) is 8.15. The van der Waals surface area contributed by atoms with Crippen LogP contribution in [0.25, 0.3) is 0 Å². The molecular weight excluding hydrogens is 138 g/mol. The third kappa shape index (κ3) is 3.67. The number of carbonyl (C=O) groups excluding carboxylic acids is 2. The number of quaternary nitrogens is 1. The minimum atomic E-state index is -1.31. The van der Waals surface area contributed by atoms with E-state index in [4.69, 9.17) is 0 Å². The van der Waals surface area contributed by atoms with Gasteiger partial charge in [0, 0.05) is 0 Å². The summed E-state index contributed by atoms with van der Waals surface area (Å²) < 4.78 is 0. The molecule has 6 N–H and O–H groups in total. The number of hydrogen-bond acceptors (Lipinski definition) is 3. The van der Waals surface area contributed by atoms with Gasteiger partial charge in [-0.25, -0.2) is 4.79 Å². The predicted molar refractivity (Wildman–Crippen MR) is 29.3 cm³/mol. The molecule has 0 aliphatic rings. The summed E-state index contributed by atoms with van der Waals surface area (Å²) in [6.45, 7) is -0.0995. The smallest absolute Gasteiger partial charge is 0.312 e. The number of aliphatic carboxylic acids is 1. The van der Waals surface area contributed by atoms with E-state index < -0.39 is 18.0 Å².